The molecule has 68 valence electrons. The summed E-state index contributed by atoms with van der Waals surface area (Å²) in [6, 6.07) is 0. The second-order valence-electron chi connectivity index (χ2n) is 3.37. The van der Waals surface area contributed by atoms with Crippen LogP contribution < -0.4 is 0 Å². The molecule has 3 heteroatoms. The molecule has 0 aromatic heterocycles. The molecule has 0 unspecified atom stereocenters. The molecule has 0 aromatic rings. The fourth-order valence-electron chi connectivity index (χ4n) is 1.76. The van der Waals surface area contributed by atoms with Crippen LogP contribution in [-0.2, 0) is 0 Å². The molecular formula is C9H13F2N. The molecule has 0 heterocycles. The van der Waals surface area contributed by atoms with E-state index in [-0.39, 0.29) is 13.0 Å². The van der Waals surface area contributed by atoms with E-state index in [1.165, 1.54) is 0 Å². The number of nitrogens with zero attached hydrogens (tertiary/aromatic N) is 1. The van der Waals surface area contributed by atoms with E-state index < -0.39 is 11.8 Å². The van der Waals surface area contributed by atoms with Crippen LogP contribution in [0.5, 0.6) is 0 Å². The molecule has 1 nitrogen and oxygen atoms in total. The normalized spacial score (nSPS) is 19.4. The zero-order valence-electron chi connectivity index (χ0n) is 7.02. The van der Waals surface area contributed by atoms with Crippen LogP contribution in [0.15, 0.2) is 0 Å². The van der Waals surface area contributed by atoms with E-state index in [9.17, 15) is 8.78 Å². The highest BCUT2D eigenvalue weighted by molar-refractivity contribution is 4.83. The van der Waals surface area contributed by atoms with Crippen molar-refractivity contribution < 1.29 is 8.78 Å². The Bertz CT molecular complexity index is 177. The molecule has 1 aliphatic carbocycles. The average molecular weight is 173 g/mol. The lowest BCUT2D eigenvalue weighted by atomic mass is 9.97. The van der Waals surface area contributed by atoms with Gasteiger partial charge in [-0.05, 0) is 12.8 Å². The Balaban J connectivity index is 2.40. The maximum Gasteiger partial charge on any atom is 0.258 e. The number of rotatable bonds is 3. The van der Waals surface area contributed by atoms with E-state index in [1.54, 1.807) is 0 Å². The predicted octanol–water partition coefficient (Wildman–Crippen LogP) is 3.12. The summed E-state index contributed by atoms with van der Waals surface area (Å²) in [6.07, 6.45) is 2.90. The molecule has 0 radical (unpaired) electrons. The highest BCUT2D eigenvalue weighted by atomic mass is 19.3. The van der Waals surface area contributed by atoms with Gasteiger partial charge in [0.15, 0.2) is 0 Å². The van der Waals surface area contributed by atoms with E-state index in [4.69, 9.17) is 6.57 Å². The molecule has 0 spiro atoms. The minimum atomic E-state index is -2.58. The molecule has 0 bridgehead atoms. The molecule has 0 aromatic carbocycles. The predicted molar refractivity (Wildman–Crippen MR) is 43.0 cm³/mol. The minimum absolute atomic E-state index is 0.0382. The lowest BCUT2D eigenvalue weighted by Crippen LogP contribution is -2.26. The highest BCUT2D eigenvalue weighted by Gasteiger charge is 2.41. The molecule has 1 aliphatic rings. The molecule has 1 fully saturated rings. The first-order valence-corrected chi connectivity index (χ1v) is 4.38. The third kappa shape index (κ3) is 2.17. The third-order valence-electron chi connectivity index (χ3n) is 2.51. The smallest absolute Gasteiger partial charge is 0.258 e. The summed E-state index contributed by atoms with van der Waals surface area (Å²) in [4.78, 5) is 2.96. The van der Waals surface area contributed by atoms with Crippen LogP contribution >= 0.6 is 0 Å². The van der Waals surface area contributed by atoms with Gasteiger partial charge in [0.05, 0.1) is 6.42 Å². The van der Waals surface area contributed by atoms with Crippen molar-refractivity contribution in [3.63, 3.8) is 0 Å². The summed E-state index contributed by atoms with van der Waals surface area (Å²) < 4.78 is 26.3. The van der Waals surface area contributed by atoms with E-state index >= 15 is 0 Å². The zero-order chi connectivity index (χ0) is 9.03. The summed E-state index contributed by atoms with van der Waals surface area (Å²) in [5.74, 6) is -3.03. The van der Waals surface area contributed by atoms with Crippen LogP contribution in [0.25, 0.3) is 4.85 Å². The summed E-state index contributed by atoms with van der Waals surface area (Å²) in [6.45, 7) is 6.41. The summed E-state index contributed by atoms with van der Waals surface area (Å²) in [7, 11) is 0. The Kier molecular flexibility index (Phi) is 3.02. The van der Waals surface area contributed by atoms with E-state index in [0.29, 0.717) is 12.8 Å². The van der Waals surface area contributed by atoms with Gasteiger partial charge in [-0.1, -0.05) is 12.8 Å². The number of halogens is 2. The molecule has 0 saturated heterocycles. The highest BCUT2D eigenvalue weighted by Crippen LogP contribution is 2.39. The van der Waals surface area contributed by atoms with Crippen LogP contribution in [0.3, 0.4) is 0 Å². The van der Waals surface area contributed by atoms with Crippen molar-refractivity contribution >= 4 is 0 Å². The fourth-order valence-corrected chi connectivity index (χ4v) is 1.76. The lowest BCUT2D eigenvalue weighted by molar-refractivity contribution is -0.0591. The third-order valence-corrected chi connectivity index (χ3v) is 2.51. The standard InChI is InChI=1S/C9H13F2N/c1-12-7-6-9(10,11)8-4-2-3-5-8/h8H,2-7H2. The fraction of sp³-hybridized carbons (Fsp3) is 0.889. The van der Waals surface area contributed by atoms with Crippen LogP contribution in [-0.4, -0.2) is 12.5 Å². The van der Waals surface area contributed by atoms with Crippen LogP contribution in [0.2, 0.25) is 0 Å². The first-order valence-electron chi connectivity index (χ1n) is 4.38. The molecule has 12 heavy (non-hydrogen) atoms. The summed E-state index contributed by atoms with van der Waals surface area (Å²) in [5.41, 5.74) is 0. The molecule has 1 saturated carbocycles. The van der Waals surface area contributed by atoms with Crippen molar-refractivity contribution in [2.24, 2.45) is 5.92 Å². The zero-order valence-corrected chi connectivity index (χ0v) is 7.02. The molecule has 0 aliphatic heterocycles. The Morgan fingerprint density at radius 3 is 2.42 bits per heavy atom. The summed E-state index contributed by atoms with van der Waals surface area (Å²) >= 11 is 0. The average Bonchev–Trinajstić information content (AvgIpc) is 2.53. The van der Waals surface area contributed by atoms with Gasteiger partial charge in [-0.3, -0.25) is 0 Å². The van der Waals surface area contributed by atoms with Crippen LogP contribution in [0.1, 0.15) is 32.1 Å². The van der Waals surface area contributed by atoms with Gasteiger partial charge >= 0.3 is 0 Å². The van der Waals surface area contributed by atoms with Crippen molar-refractivity contribution in [1.29, 1.82) is 0 Å². The topological polar surface area (TPSA) is 4.36 Å². The van der Waals surface area contributed by atoms with Crippen molar-refractivity contribution in [3.8, 4) is 0 Å². The van der Waals surface area contributed by atoms with Gasteiger partial charge in [-0.25, -0.2) is 15.4 Å². The second kappa shape index (κ2) is 3.84. The number of alkyl halides is 2. The van der Waals surface area contributed by atoms with Crippen LogP contribution in [0, 0.1) is 12.5 Å². The van der Waals surface area contributed by atoms with Crippen molar-refractivity contribution in [3.05, 3.63) is 11.4 Å². The molecule has 0 atom stereocenters. The largest absolute Gasteiger partial charge is 0.317 e. The number of hydrogen-bond acceptors (Lipinski definition) is 0. The molecular weight excluding hydrogens is 160 g/mol. The second-order valence-corrected chi connectivity index (χ2v) is 3.37. The van der Waals surface area contributed by atoms with E-state index in [1.807, 2.05) is 0 Å². The van der Waals surface area contributed by atoms with Gasteiger partial charge in [0.25, 0.3) is 5.92 Å². The molecule has 1 rings (SSSR count). The number of hydrogen-bond donors (Lipinski definition) is 0. The first kappa shape index (κ1) is 9.44. The Morgan fingerprint density at radius 2 is 1.92 bits per heavy atom. The molecule has 0 N–H and O–H groups in total. The minimum Gasteiger partial charge on any atom is -0.317 e. The monoisotopic (exact) mass is 173 g/mol. The van der Waals surface area contributed by atoms with Gasteiger partial charge < -0.3 is 4.85 Å². The first-order chi connectivity index (χ1) is 5.67. The van der Waals surface area contributed by atoms with Gasteiger partial charge in [0, 0.05) is 5.92 Å². The van der Waals surface area contributed by atoms with Crippen molar-refractivity contribution in [2.75, 3.05) is 6.54 Å². The van der Waals surface area contributed by atoms with Crippen molar-refractivity contribution in [2.45, 2.75) is 38.0 Å². The maximum atomic E-state index is 13.2. The summed E-state index contributed by atoms with van der Waals surface area (Å²) in [5, 5.41) is 0. The lowest BCUT2D eigenvalue weighted by Gasteiger charge is -2.20. The van der Waals surface area contributed by atoms with Gasteiger partial charge in [0.2, 0.25) is 6.54 Å². The van der Waals surface area contributed by atoms with Crippen molar-refractivity contribution in [1.82, 2.24) is 0 Å². The Morgan fingerprint density at radius 1 is 1.33 bits per heavy atom. The molecule has 0 amide bonds. The SMILES string of the molecule is [C-]#[N+]CCC(F)(F)C1CCCC1. The van der Waals surface area contributed by atoms with E-state index in [2.05, 4.69) is 4.85 Å². The van der Waals surface area contributed by atoms with Gasteiger partial charge in [-0.2, -0.15) is 0 Å². The van der Waals surface area contributed by atoms with Gasteiger partial charge in [-0.15, -0.1) is 0 Å². The quantitative estimate of drug-likeness (QED) is 0.577. The van der Waals surface area contributed by atoms with Gasteiger partial charge in [0.1, 0.15) is 0 Å². The maximum absolute atomic E-state index is 13.2. The van der Waals surface area contributed by atoms with E-state index in [0.717, 1.165) is 12.8 Å². The van der Waals surface area contributed by atoms with Crippen LogP contribution in [0.4, 0.5) is 8.78 Å². The Hall–Kier alpha value is -0.650. The Labute approximate surface area is 71.6 Å².